The Balaban J connectivity index is 1.87. The summed E-state index contributed by atoms with van der Waals surface area (Å²) in [6.45, 7) is 6.05. The van der Waals surface area contributed by atoms with Crippen LogP contribution in [0.15, 0.2) is 6.07 Å². The van der Waals surface area contributed by atoms with Gasteiger partial charge >= 0.3 is 5.97 Å². The molecule has 0 bridgehead atoms. The summed E-state index contributed by atoms with van der Waals surface area (Å²) >= 11 is 0.812. The molecule has 0 radical (unpaired) electrons. The van der Waals surface area contributed by atoms with Gasteiger partial charge in [0.2, 0.25) is 5.91 Å². The largest absolute Gasteiger partial charge is 0.466 e. The molecular formula is C30H45F3N2O3S. The molecule has 220 valence electrons. The Kier molecular flexibility index (Phi) is 15.5. The molecule has 9 heteroatoms. The molecule has 1 amide bonds. The predicted molar refractivity (Wildman–Crippen MR) is 153 cm³/mol. The van der Waals surface area contributed by atoms with Gasteiger partial charge in [0.15, 0.2) is 16.8 Å². The zero-order valence-corrected chi connectivity index (χ0v) is 24.7. The summed E-state index contributed by atoms with van der Waals surface area (Å²) in [5.74, 6) is -5.01. The topological polar surface area (TPSA) is 59.5 Å². The number of rotatable bonds is 20. The van der Waals surface area contributed by atoms with Gasteiger partial charge in [-0.05, 0) is 13.3 Å². The van der Waals surface area contributed by atoms with E-state index in [9.17, 15) is 22.8 Å². The maximum Gasteiger partial charge on any atom is 0.309 e. The number of fused-ring (bicyclic) bond motifs is 1. The van der Waals surface area contributed by atoms with Crippen LogP contribution in [-0.2, 0) is 14.3 Å². The molecule has 0 aliphatic rings. The Hall–Kier alpha value is -2.16. The van der Waals surface area contributed by atoms with Crippen LogP contribution in [0.5, 0.6) is 0 Å². The van der Waals surface area contributed by atoms with Crippen molar-refractivity contribution in [3.05, 3.63) is 23.5 Å². The second-order valence-electron chi connectivity index (χ2n) is 10.3. The molecule has 1 atom stereocenters. The second kappa shape index (κ2) is 18.2. The highest BCUT2D eigenvalue weighted by Gasteiger charge is 2.27. The first-order chi connectivity index (χ1) is 18.8. The minimum absolute atomic E-state index is 0.101. The van der Waals surface area contributed by atoms with E-state index in [0.29, 0.717) is 19.0 Å². The number of esters is 1. The molecule has 0 saturated heterocycles. The Morgan fingerprint density at radius 2 is 1.41 bits per heavy atom. The van der Waals surface area contributed by atoms with E-state index in [2.05, 4.69) is 11.9 Å². The Labute approximate surface area is 235 Å². The number of hydrogen-bond acceptors (Lipinski definition) is 5. The Morgan fingerprint density at radius 1 is 0.872 bits per heavy atom. The number of aromatic nitrogens is 1. The van der Waals surface area contributed by atoms with E-state index in [1.807, 2.05) is 0 Å². The standard InChI is InChI=1S/C30H45F3N2O3S/c1-4-6-7-8-9-10-11-12-13-14-15-16-17-18-19-35(25(36)20-22(3)29(37)38-5-2)30-34-27-26(33)23(31)21-24(32)28(27)39-30/h21-22H,4-20H2,1-3H3. The zero-order valence-electron chi connectivity index (χ0n) is 23.8. The number of ether oxygens (including phenoxy) is 1. The molecule has 39 heavy (non-hydrogen) atoms. The van der Waals surface area contributed by atoms with Crippen molar-refractivity contribution in [1.82, 2.24) is 4.98 Å². The second-order valence-corrected chi connectivity index (χ2v) is 11.3. The fourth-order valence-corrected chi connectivity index (χ4v) is 5.63. The molecule has 1 aromatic carbocycles. The van der Waals surface area contributed by atoms with Crippen LogP contribution in [0, 0.1) is 23.4 Å². The van der Waals surface area contributed by atoms with Gasteiger partial charge in [-0.25, -0.2) is 18.2 Å². The van der Waals surface area contributed by atoms with Gasteiger partial charge in [0.05, 0.1) is 17.2 Å². The highest BCUT2D eigenvalue weighted by Crippen LogP contribution is 2.34. The Morgan fingerprint density at radius 3 is 1.95 bits per heavy atom. The van der Waals surface area contributed by atoms with E-state index < -0.39 is 34.9 Å². The van der Waals surface area contributed by atoms with Crippen LogP contribution in [0.25, 0.3) is 10.2 Å². The number of carbonyl (C=O) groups excluding carboxylic acids is 2. The van der Waals surface area contributed by atoms with Gasteiger partial charge in [-0.2, -0.15) is 0 Å². The van der Waals surface area contributed by atoms with Crippen molar-refractivity contribution in [2.45, 2.75) is 117 Å². The number of carbonyl (C=O) groups is 2. The molecule has 0 saturated carbocycles. The quantitative estimate of drug-likeness (QED) is 0.0905. The molecule has 1 heterocycles. The minimum atomic E-state index is -1.32. The van der Waals surface area contributed by atoms with E-state index in [4.69, 9.17) is 4.74 Å². The van der Waals surface area contributed by atoms with E-state index >= 15 is 0 Å². The van der Waals surface area contributed by atoms with Gasteiger partial charge < -0.3 is 4.74 Å². The van der Waals surface area contributed by atoms with Gasteiger partial charge in [0.25, 0.3) is 0 Å². The van der Waals surface area contributed by atoms with Crippen LogP contribution in [0.2, 0.25) is 0 Å². The van der Waals surface area contributed by atoms with Crippen molar-refractivity contribution in [2.75, 3.05) is 18.1 Å². The summed E-state index contributed by atoms with van der Waals surface area (Å²) in [5.41, 5.74) is -0.426. The van der Waals surface area contributed by atoms with E-state index in [0.717, 1.165) is 30.6 Å². The smallest absolute Gasteiger partial charge is 0.309 e. The zero-order chi connectivity index (χ0) is 28.6. The number of benzene rings is 1. The van der Waals surface area contributed by atoms with E-state index in [1.54, 1.807) is 13.8 Å². The van der Waals surface area contributed by atoms with Crippen molar-refractivity contribution >= 4 is 38.6 Å². The van der Waals surface area contributed by atoms with Gasteiger partial charge in [0.1, 0.15) is 11.3 Å². The maximum atomic E-state index is 14.3. The molecule has 0 aliphatic carbocycles. The van der Waals surface area contributed by atoms with Crippen LogP contribution in [-0.4, -0.2) is 30.0 Å². The van der Waals surface area contributed by atoms with Crippen LogP contribution >= 0.6 is 11.3 Å². The molecule has 2 aromatic rings. The maximum absolute atomic E-state index is 14.3. The monoisotopic (exact) mass is 570 g/mol. The van der Waals surface area contributed by atoms with Gasteiger partial charge in [-0.15, -0.1) is 0 Å². The average molecular weight is 571 g/mol. The number of nitrogens with zero attached hydrogens (tertiary/aromatic N) is 2. The predicted octanol–water partition coefficient (Wildman–Crippen LogP) is 9.12. The minimum Gasteiger partial charge on any atom is -0.466 e. The van der Waals surface area contributed by atoms with Crippen molar-refractivity contribution in [3.8, 4) is 0 Å². The van der Waals surface area contributed by atoms with Gasteiger partial charge in [0, 0.05) is 19.0 Å². The van der Waals surface area contributed by atoms with E-state index in [1.165, 1.54) is 69.1 Å². The number of halogens is 3. The SMILES string of the molecule is CCCCCCCCCCCCCCCCN(C(=O)CC(C)C(=O)OCC)c1nc2c(F)c(F)cc(F)c2s1. The fraction of sp³-hybridized carbons (Fsp3) is 0.700. The highest BCUT2D eigenvalue weighted by atomic mass is 32.1. The molecule has 0 fully saturated rings. The average Bonchev–Trinajstić information content (AvgIpc) is 3.35. The first kappa shape index (κ1) is 33.0. The van der Waals surface area contributed by atoms with Gasteiger partial charge in [-0.3, -0.25) is 14.5 Å². The van der Waals surface area contributed by atoms with Crippen molar-refractivity contribution in [3.63, 3.8) is 0 Å². The Bertz CT molecular complexity index is 1030. The first-order valence-electron chi connectivity index (χ1n) is 14.7. The lowest BCUT2D eigenvalue weighted by Gasteiger charge is -2.21. The lowest BCUT2D eigenvalue weighted by Crippen LogP contribution is -2.34. The number of thiazole rings is 1. The highest BCUT2D eigenvalue weighted by molar-refractivity contribution is 7.22. The van der Waals surface area contributed by atoms with Crippen molar-refractivity contribution in [2.24, 2.45) is 5.92 Å². The summed E-state index contributed by atoms with van der Waals surface area (Å²) in [6, 6.07) is 0.488. The summed E-state index contributed by atoms with van der Waals surface area (Å²) in [7, 11) is 0. The summed E-state index contributed by atoms with van der Waals surface area (Å²) in [4.78, 5) is 30.7. The van der Waals surface area contributed by atoms with Crippen molar-refractivity contribution < 1.29 is 27.5 Å². The van der Waals surface area contributed by atoms with Crippen LogP contribution in [0.4, 0.5) is 18.3 Å². The third-order valence-electron chi connectivity index (χ3n) is 6.94. The molecule has 5 nitrogen and oxygen atoms in total. The van der Waals surface area contributed by atoms with Crippen LogP contribution < -0.4 is 4.90 Å². The molecule has 0 aliphatic heterocycles. The van der Waals surface area contributed by atoms with Gasteiger partial charge in [-0.1, -0.05) is 109 Å². The summed E-state index contributed by atoms with van der Waals surface area (Å²) in [6.07, 6.45) is 16.7. The van der Waals surface area contributed by atoms with Crippen molar-refractivity contribution in [1.29, 1.82) is 0 Å². The molecular weight excluding hydrogens is 525 g/mol. The molecule has 0 N–H and O–H groups in total. The lowest BCUT2D eigenvalue weighted by atomic mass is 10.0. The number of anilines is 1. The third kappa shape index (κ3) is 11.1. The van der Waals surface area contributed by atoms with Crippen LogP contribution in [0.3, 0.4) is 0 Å². The lowest BCUT2D eigenvalue weighted by molar-refractivity contribution is -0.148. The molecule has 1 unspecified atom stereocenters. The fourth-order valence-electron chi connectivity index (χ4n) is 4.62. The number of unbranched alkanes of at least 4 members (excludes halogenated alkanes) is 13. The molecule has 1 aromatic heterocycles. The number of amides is 1. The van der Waals surface area contributed by atoms with E-state index in [-0.39, 0.29) is 28.8 Å². The first-order valence-corrected chi connectivity index (χ1v) is 15.5. The number of hydrogen-bond donors (Lipinski definition) is 0. The molecule has 2 rings (SSSR count). The third-order valence-corrected chi connectivity index (χ3v) is 8.03. The summed E-state index contributed by atoms with van der Waals surface area (Å²) < 4.78 is 47.2. The normalized spacial score (nSPS) is 12.2. The summed E-state index contributed by atoms with van der Waals surface area (Å²) in [5, 5.41) is 0.101. The molecule has 0 spiro atoms. The van der Waals surface area contributed by atoms with Crippen LogP contribution in [0.1, 0.15) is 117 Å².